The highest BCUT2D eigenvalue weighted by Gasteiger charge is 2.37. The maximum absolute atomic E-state index is 6.35. The van der Waals surface area contributed by atoms with Crippen LogP contribution in [0.15, 0.2) is 4.99 Å². The van der Waals surface area contributed by atoms with E-state index < -0.39 is 0 Å². The highest BCUT2D eigenvalue weighted by atomic mass is 15.2. The van der Waals surface area contributed by atoms with Crippen LogP contribution in [0.25, 0.3) is 0 Å². The zero-order chi connectivity index (χ0) is 13.8. The highest BCUT2D eigenvalue weighted by Crippen LogP contribution is 2.46. The van der Waals surface area contributed by atoms with Gasteiger partial charge in [0, 0.05) is 26.6 Å². The van der Waals surface area contributed by atoms with Crippen molar-refractivity contribution in [1.82, 2.24) is 4.90 Å². The van der Waals surface area contributed by atoms with Gasteiger partial charge in [0.05, 0.1) is 7.85 Å². The first kappa shape index (κ1) is 15.6. The molecule has 0 N–H and O–H groups in total. The third-order valence-electron chi connectivity index (χ3n) is 4.35. The molecule has 3 atom stereocenters. The van der Waals surface area contributed by atoms with Gasteiger partial charge in [0.25, 0.3) is 0 Å². The predicted molar refractivity (Wildman–Crippen MR) is 81.5 cm³/mol. The first-order chi connectivity index (χ1) is 8.53. The van der Waals surface area contributed by atoms with E-state index in [2.05, 4.69) is 23.9 Å². The Bertz CT molecular complexity index is 286. The lowest BCUT2D eigenvalue weighted by Crippen LogP contribution is -2.43. The predicted octanol–water partition coefficient (Wildman–Crippen LogP) is 3.53. The highest BCUT2D eigenvalue weighted by molar-refractivity contribution is 6.14. The van der Waals surface area contributed by atoms with Crippen LogP contribution in [0, 0.1) is 11.8 Å². The summed E-state index contributed by atoms with van der Waals surface area (Å²) < 4.78 is 0. The number of nitrogens with zero attached hydrogens (tertiary/aromatic N) is 2. The molecule has 0 aromatic rings. The molecule has 1 heterocycles. The van der Waals surface area contributed by atoms with E-state index in [0.29, 0.717) is 5.92 Å². The molecule has 0 spiro atoms. The quantitative estimate of drug-likeness (QED) is 0.599. The van der Waals surface area contributed by atoms with E-state index in [0.717, 1.165) is 12.5 Å². The Morgan fingerprint density at radius 2 is 2.00 bits per heavy atom. The summed E-state index contributed by atoms with van der Waals surface area (Å²) in [4.78, 5) is 6.84. The average Bonchev–Trinajstić information content (AvgIpc) is 2.49. The monoisotopic (exact) mass is 248 g/mol. The van der Waals surface area contributed by atoms with Crippen molar-refractivity contribution in [3.8, 4) is 0 Å². The Hall–Kier alpha value is -0.465. The second-order valence-corrected chi connectivity index (χ2v) is 5.91. The normalized spacial score (nSPS) is 38.5. The maximum atomic E-state index is 6.35. The summed E-state index contributed by atoms with van der Waals surface area (Å²) in [6.07, 6.45) is 6.15. The molecule has 1 saturated carbocycles. The molecule has 1 aliphatic heterocycles. The van der Waals surface area contributed by atoms with Crippen LogP contribution in [0.4, 0.5) is 0 Å². The Labute approximate surface area is 115 Å². The summed E-state index contributed by atoms with van der Waals surface area (Å²) in [6.45, 7) is 7.36. The van der Waals surface area contributed by atoms with Gasteiger partial charge >= 0.3 is 0 Å². The smallest absolute Gasteiger partial charge is 0.102 e. The Morgan fingerprint density at radius 1 is 1.33 bits per heavy atom. The lowest BCUT2D eigenvalue weighted by molar-refractivity contribution is 0.255. The largest absolute Gasteiger partial charge is 0.363 e. The lowest BCUT2D eigenvalue weighted by atomic mass is 9.62. The van der Waals surface area contributed by atoms with Crippen LogP contribution >= 0.6 is 0 Å². The molecule has 2 aliphatic rings. The number of piperidine rings is 1. The second-order valence-electron chi connectivity index (χ2n) is 5.91. The van der Waals surface area contributed by atoms with Gasteiger partial charge in [-0.1, -0.05) is 45.3 Å². The van der Waals surface area contributed by atoms with Crippen LogP contribution in [0.3, 0.4) is 0 Å². The van der Waals surface area contributed by atoms with E-state index in [9.17, 15) is 0 Å². The van der Waals surface area contributed by atoms with Gasteiger partial charge in [-0.25, -0.2) is 0 Å². The molecule has 1 aliphatic carbocycles. The number of hydrogen-bond acceptors (Lipinski definition) is 1. The molecule has 2 fully saturated rings. The van der Waals surface area contributed by atoms with E-state index >= 15 is 0 Å². The van der Waals surface area contributed by atoms with Gasteiger partial charge in [0.15, 0.2) is 0 Å². The van der Waals surface area contributed by atoms with Crippen LogP contribution < -0.4 is 0 Å². The van der Waals surface area contributed by atoms with E-state index in [1.54, 1.807) is 0 Å². The topological polar surface area (TPSA) is 15.6 Å². The molecule has 0 amide bonds. The van der Waals surface area contributed by atoms with Gasteiger partial charge in [0.1, 0.15) is 5.84 Å². The molecule has 2 radical (unpaired) electrons. The van der Waals surface area contributed by atoms with Crippen LogP contribution in [0.2, 0.25) is 5.31 Å². The molecule has 3 unspecified atom stereocenters. The summed E-state index contributed by atoms with van der Waals surface area (Å²) in [5.74, 6) is 2.73. The van der Waals surface area contributed by atoms with E-state index in [-0.39, 0.29) is 5.31 Å². The first-order valence-corrected chi connectivity index (χ1v) is 7.50. The van der Waals surface area contributed by atoms with Crippen molar-refractivity contribution in [1.29, 1.82) is 0 Å². The van der Waals surface area contributed by atoms with Crippen molar-refractivity contribution in [3.63, 3.8) is 0 Å². The minimum Gasteiger partial charge on any atom is -0.363 e. The van der Waals surface area contributed by atoms with Crippen molar-refractivity contribution in [2.45, 2.75) is 58.2 Å². The third kappa shape index (κ3) is 3.52. The molecule has 3 heteroatoms. The number of likely N-dealkylation sites (tertiary alicyclic amines) is 1. The Kier molecular flexibility index (Phi) is 5.74. The molecule has 0 bridgehead atoms. The van der Waals surface area contributed by atoms with Crippen molar-refractivity contribution in [3.05, 3.63) is 0 Å². The molecule has 2 rings (SSSR count). The molecule has 0 aromatic heterocycles. The van der Waals surface area contributed by atoms with E-state index in [1.165, 1.54) is 37.9 Å². The van der Waals surface area contributed by atoms with Crippen LogP contribution in [-0.4, -0.2) is 39.2 Å². The summed E-state index contributed by atoms with van der Waals surface area (Å²) in [5.41, 5.74) is 0. The fourth-order valence-corrected chi connectivity index (χ4v) is 3.54. The van der Waals surface area contributed by atoms with Crippen molar-refractivity contribution in [2.75, 3.05) is 20.6 Å². The number of hydrogen-bond donors (Lipinski definition) is 0. The molecule has 102 valence electrons. The summed E-state index contributed by atoms with van der Waals surface area (Å²) in [6, 6.07) is 0. The fourth-order valence-electron chi connectivity index (χ4n) is 3.54. The number of fused-ring (bicyclic) bond motifs is 1. The molecular weight excluding hydrogens is 219 g/mol. The summed E-state index contributed by atoms with van der Waals surface area (Å²) in [7, 11) is 10.5. The SMILES string of the molecule is CC.[B]C1(C)CCCC2C(=NC)N(C)CCC2C1. The first-order valence-electron chi connectivity index (χ1n) is 7.50. The minimum absolute atomic E-state index is 0.0498. The number of aliphatic imine (C=N–C) groups is 1. The van der Waals surface area contributed by atoms with Gasteiger partial charge < -0.3 is 4.90 Å². The zero-order valence-electron chi connectivity index (χ0n) is 12.9. The van der Waals surface area contributed by atoms with Crippen LogP contribution in [0.5, 0.6) is 0 Å². The van der Waals surface area contributed by atoms with E-state index in [1.807, 2.05) is 20.9 Å². The summed E-state index contributed by atoms with van der Waals surface area (Å²) >= 11 is 0. The van der Waals surface area contributed by atoms with Gasteiger partial charge in [-0.2, -0.15) is 0 Å². The molecule has 1 saturated heterocycles. The molecule has 18 heavy (non-hydrogen) atoms. The zero-order valence-corrected chi connectivity index (χ0v) is 12.9. The Morgan fingerprint density at radius 3 is 2.61 bits per heavy atom. The van der Waals surface area contributed by atoms with Crippen molar-refractivity contribution < 1.29 is 0 Å². The summed E-state index contributed by atoms with van der Waals surface area (Å²) in [5, 5.41) is 0.0498. The average molecular weight is 248 g/mol. The molecular formula is C15H29BN2. The minimum atomic E-state index is 0.0498. The Balaban J connectivity index is 0.000000771. The van der Waals surface area contributed by atoms with Crippen LogP contribution in [-0.2, 0) is 0 Å². The molecule has 2 nitrogen and oxygen atoms in total. The second kappa shape index (κ2) is 6.63. The molecule has 0 aromatic carbocycles. The lowest BCUT2D eigenvalue weighted by Gasteiger charge is -2.40. The maximum Gasteiger partial charge on any atom is 0.102 e. The number of rotatable bonds is 0. The van der Waals surface area contributed by atoms with Gasteiger partial charge in [-0.15, -0.1) is 0 Å². The number of amidine groups is 1. The van der Waals surface area contributed by atoms with Crippen molar-refractivity contribution in [2.24, 2.45) is 16.8 Å². The standard InChI is InChI=1S/C13H23BN2.C2H6/c1-13(14)7-4-5-11-10(9-13)6-8-16(3)12(11)15-2;1-2/h10-11H,4-9H2,1-3H3;1-2H3. The van der Waals surface area contributed by atoms with Gasteiger partial charge in [-0.3, -0.25) is 4.99 Å². The third-order valence-corrected chi connectivity index (χ3v) is 4.35. The van der Waals surface area contributed by atoms with Crippen molar-refractivity contribution >= 4 is 13.7 Å². The van der Waals surface area contributed by atoms with Gasteiger partial charge in [0.2, 0.25) is 0 Å². The van der Waals surface area contributed by atoms with Gasteiger partial charge in [-0.05, 0) is 18.8 Å². The van der Waals surface area contributed by atoms with Crippen LogP contribution in [0.1, 0.15) is 52.9 Å². The fraction of sp³-hybridized carbons (Fsp3) is 0.933. The van der Waals surface area contributed by atoms with E-state index in [4.69, 9.17) is 7.85 Å².